The Morgan fingerprint density at radius 2 is 2.33 bits per heavy atom. The van der Waals surface area contributed by atoms with Crippen LogP contribution in [0.3, 0.4) is 0 Å². The molecule has 2 N–H and O–H groups in total. The number of hydrogen-bond donors (Lipinski definition) is 2. The number of aromatic nitrogens is 3. The molecule has 1 aliphatic rings. The molecule has 1 unspecified atom stereocenters. The number of hydrogen-bond acceptors (Lipinski definition) is 5. The molecule has 1 aliphatic heterocycles. The van der Waals surface area contributed by atoms with Crippen LogP contribution in [0.1, 0.15) is 6.42 Å². The number of anilines is 2. The van der Waals surface area contributed by atoms with Crippen molar-refractivity contribution in [2.45, 2.75) is 12.5 Å². The lowest BCUT2D eigenvalue weighted by Crippen LogP contribution is -2.24. The van der Waals surface area contributed by atoms with Crippen molar-refractivity contribution >= 4 is 17.3 Å². The molecule has 0 amide bonds. The molecular formula is C12H18N6. The zero-order valence-corrected chi connectivity index (χ0v) is 10.7. The SMILES string of the molecule is CNc1cn2ccnc2c(NC2CCN(C)C2)n1. The molecule has 6 nitrogen and oxygen atoms in total. The molecule has 3 heterocycles. The molecule has 0 radical (unpaired) electrons. The van der Waals surface area contributed by atoms with Crippen molar-refractivity contribution in [2.24, 2.45) is 0 Å². The Morgan fingerprint density at radius 3 is 3.06 bits per heavy atom. The fraction of sp³-hybridized carbons (Fsp3) is 0.500. The van der Waals surface area contributed by atoms with Crippen molar-refractivity contribution < 1.29 is 0 Å². The van der Waals surface area contributed by atoms with Gasteiger partial charge in [0.05, 0.1) is 6.20 Å². The highest BCUT2D eigenvalue weighted by molar-refractivity contribution is 5.65. The number of likely N-dealkylation sites (tertiary alicyclic amines) is 1. The highest BCUT2D eigenvalue weighted by atomic mass is 15.2. The minimum Gasteiger partial charge on any atom is -0.372 e. The first kappa shape index (κ1) is 11.3. The van der Waals surface area contributed by atoms with Crippen LogP contribution in [0.4, 0.5) is 11.6 Å². The van der Waals surface area contributed by atoms with E-state index in [1.54, 1.807) is 6.20 Å². The molecule has 1 atom stereocenters. The van der Waals surface area contributed by atoms with Crippen LogP contribution in [-0.4, -0.2) is 52.5 Å². The Labute approximate surface area is 106 Å². The lowest BCUT2D eigenvalue weighted by atomic mass is 10.2. The van der Waals surface area contributed by atoms with E-state index in [1.165, 1.54) is 0 Å². The molecule has 0 saturated carbocycles. The second-order valence-corrected chi connectivity index (χ2v) is 4.78. The number of likely N-dealkylation sites (N-methyl/N-ethyl adjacent to an activating group) is 1. The van der Waals surface area contributed by atoms with Crippen LogP contribution in [-0.2, 0) is 0 Å². The standard InChI is InChI=1S/C12H18N6/c1-13-10-8-18-6-4-14-12(18)11(16-10)15-9-3-5-17(2)7-9/h4,6,8-9,13H,3,5,7H2,1-2H3,(H,15,16). The Hall–Kier alpha value is -1.82. The molecule has 2 aromatic rings. The predicted molar refractivity (Wildman–Crippen MR) is 72.1 cm³/mol. The second-order valence-electron chi connectivity index (χ2n) is 4.78. The lowest BCUT2D eigenvalue weighted by Gasteiger charge is -2.15. The van der Waals surface area contributed by atoms with E-state index in [1.807, 2.05) is 23.8 Å². The zero-order chi connectivity index (χ0) is 12.5. The van der Waals surface area contributed by atoms with E-state index >= 15 is 0 Å². The highest BCUT2D eigenvalue weighted by Gasteiger charge is 2.20. The van der Waals surface area contributed by atoms with Crippen LogP contribution in [0.2, 0.25) is 0 Å². The fourth-order valence-electron chi connectivity index (χ4n) is 2.40. The van der Waals surface area contributed by atoms with Gasteiger partial charge in [-0.15, -0.1) is 0 Å². The maximum atomic E-state index is 4.56. The second kappa shape index (κ2) is 4.45. The number of rotatable bonds is 3. The Balaban J connectivity index is 1.92. The average Bonchev–Trinajstić information content (AvgIpc) is 2.98. The van der Waals surface area contributed by atoms with Crippen LogP contribution in [0.5, 0.6) is 0 Å². The average molecular weight is 246 g/mol. The quantitative estimate of drug-likeness (QED) is 0.842. The molecule has 96 valence electrons. The summed E-state index contributed by atoms with van der Waals surface area (Å²) in [4.78, 5) is 11.2. The van der Waals surface area contributed by atoms with Crippen molar-refractivity contribution in [2.75, 3.05) is 37.8 Å². The number of nitrogens with one attached hydrogen (secondary N) is 2. The molecule has 2 aromatic heterocycles. The smallest absolute Gasteiger partial charge is 0.180 e. The molecule has 18 heavy (non-hydrogen) atoms. The third kappa shape index (κ3) is 1.99. The van der Waals surface area contributed by atoms with Gasteiger partial charge >= 0.3 is 0 Å². The van der Waals surface area contributed by atoms with Gasteiger partial charge in [0.15, 0.2) is 11.5 Å². The van der Waals surface area contributed by atoms with Crippen molar-refractivity contribution in [1.82, 2.24) is 19.3 Å². The Kier molecular flexibility index (Phi) is 2.79. The molecule has 3 rings (SSSR count). The third-order valence-electron chi connectivity index (χ3n) is 3.36. The predicted octanol–water partition coefficient (Wildman–Crippen LogP) is 0.887. The first-order chi connectivity index (χ1) is 8.76. The minimum atomic E-state index is 0.454. The number of fused-ring (bicyclic) bond motifs is 1. The van der Waals surface area contributed by atoms with E-state index in [4.69, 9.17) is 0 Å². The van der Waals surface area contributed by atoms with Crippen molar-refractivity contribution in [3.8, 4) is 0 Å². The normalized spacial score (nSPS) is 20.4. The van der Waals surface area contributed by atoms with E-state index in [9.17, 15) is 0 Å². The van der Waals surface area contributed by atoms with Gasteiger partial charge in [-0.05, 0) is 20.0 Å². The van der Waals surface area contributed by atoms with Gasteiger partial charge in [-0.1, -0.05) is 0 Å². The van der Waals surface area contributed by atoms with Crippen molar-refractivity contribution in [3.63, 3.8) is 0 Å². The summed E-state index contributed by atoms with van der Waals surface area (Å²) in [5.41, 5.74) is 0.878. The van der Waals surface area contributed by atoms with Gasteiger partial charge in [0.2, 0.25) is 0 Å². The molecular weight excluding hydrogens is 228 g/mol. The monoisotopic (exact) mass is 246 g/mol. The van der Waals surface area contributed by atoms with Crippen LogP contribution < -0.4 is 10.6 Å². The van der Waals surface area contributed by atoms with Gasteiger partial charge in [-0.3, -0.25) is 0 Å². The molecule has 0 spiro atoms. The minimum absolute atomic E-state index is 0.454. The molecule has 0 bridgehead atoms. The van der Waals surface area contributed by atoms with Gasteiger partial charge in [-0.2, -0.15) is 0 Å². The van der Waals surface area contributed by atoms with Crippen molar-refractivity contribution in [3.05, 3.63) is 18.6 Å². The number of imidazole rings is 1. The van der Waals surface area contributed by atoms with Gasteiger partial charge in [0.25, 0.3) is 0 Å². The Morgan fingerprint density at radius 1 is 1.44 bits per heavy atom. The fourth-order valence-corrected chi connectivity index (χ4v) is 2.40. The zero-order valence-electron chi connectivity index (χ0n) is 10.7. The maximum Gasteiger partial charge on any atom is 0.180 e. The van der Waals surface area contributed by atoms with Crippen molar-refractivity contribution in [1.29, 1.82) is 0 Å². The molecule has 0 aliphatic carbocycles. The molecule has 0 aromatic carbocycles. The summed E-state index contributed by atoms with van der Waals surface area (Å²) in [6, 6.07) is 0.454. The molecule has 1 saturated heterocycles. The first-order valence-electron chi connectivity index (χ1n) is 6.23. The van der Waals surface area contributed by atoms with E-state index in [-0.39, 0.29) is 0 Å². The number of nitrogens with zero attached hydrogens (tertiary/aromatic N) is 4. The largest absolute Gasteiger partial charge is 0.372 e. The summed E-state index contributed by atoms with van der Waals surface area (Å²) in [7, 11) is 4.02. The summed E-state index contributed by atoms with van der Waals surface area (Å²) < 4.78 is 1.99. The Bertz CT molecular complexity index is 548. The lowest BCUT2D eigenvalue weighted by molar-refractivity contribution is 0.414. The first-order valence-corrected chi connectivity index (χ1v) is 6.23. The summed E-state index contributed by atoms with van der Waals surface area (Å²) in [6.45, 7) is 2.19. The molecule has 1 fully saturated rings. The van der Waals surface area contributed by atoms with Gasteiger partial charge in [0, 0.05) is 32.0 Å². The summed E-state index contributed by atoms with van der Waals surface area (Å²) in [5, 5.41) is 6.57. The van der Waals surface area contributed by atoms with Gasteiger partial charge in [0.1, 0.15) is 5.82 Å². The maximum absolute atomic E-state index is 4.56. The van der Waals surface area contributed by atoms with Crippen LogP contribution >= 0.6 is 0 Å². The summed E-state index contributed by atoms with van der Waals surface area (Å²) >= 11 is 0. The van der Waals surface area contributed by atoms with Crippen LogP contribution in [0, 0.1) is 0 Å². The summed E-state index contributed by atoms with van der Waals surface area (Å²) in [5.74, 6) is 1.70. The van der Waals surface area contributed by atoms with Crippen LogP contribution in [0.15, 0.2) is 18.6 Å². The van der Waals surface area contributed by atoms with E-state index in [0.29, 0.717) is 6.04 Å². The van der Waals surface area contributed by atoms with E-state index in [2.05, 4.69) is 32.5 Å². The topological polar surface area (TPSA) is 57.5 Å². The third-order valence-corrected chi connectivity index (χ3v) is 3.36. The highest BCUT2D eigenvalue weighted by Crippen LogP contribution is 2.19. The van der Waals surface area contributed by atoms with E-state index < -0.39 is 0 Å². The van der Waals surface area contributed by atoms with Gasteiger partial charge < -0.3 is 19.9 Å². The van der Waals surface area contributed by atoms with Crippen LogP contribution in [0.25, 0.3) is 5.65 Å². The summed E-state index contributed by atoms with van der Waals surface area (Å²) in [6.07, 6.45) is 6.81. The van der Waals surface area contributed by atoms with Gasteiger partial charge in [-0.25, -0.2) is 9.97 Å². The van der Waals surface area contributed by atoms with E-state index in [0.717, 1.165) is 36.8 Å². The molecule has 6 heteroatoms.